The molecule has 0 N–H and O–H groups in total. The number of fused-ring (bicyclic) bond motifs is 9. The Labute approximate surface area is 440 Å². The number of para-hydroxylation sites is 6. The first-order chi connectivity index (χ1) is 40.1. The van der Waals surface area contributed by atoms with E-state index >= 15 is 0 Å². The van der Waals surface area contributed by atoms with Crippen LogP contribution in [0.15, 0.2) is 263 Å². The van der Waals surface area contributed by atoms with Gasteiger partial charge in [-0.2, -0.15) is 0 Å². The first-order valence-corrected chi connectivity index (χ1v) is 24.7. The van der Waals surface area contributed by atoms with E-state index in [1.807, 2.05) is 115 Å². The van der Waals surface area contributed by atoms with Crippen molar-refractivity contribution in [3.8, 4) is 84.4 Å². The Morgan fingerprint density at radius 3 is 1.56 bits per heavy atom. The quantitative estimate of drug-likeness (QED) is 0.152. The van der Waals surface area contributed by atoms with Crippen LogP contribution in [0.3, 0.4) is 0 Å². The monoisotopic (exact) mass is 965 g/mol. The van der Waals surface area contributed by atoms with Crippen molar-refractivity contribution >= 4 is 65.7 Å². The lowest BCUT2D eigenvalue weighted by Crippen LogP contribution is -2.03. The summed E-state index contributed by atoms with van der Waals surface area (Å²) in [5.74, 6) is 0.981. The van der Waals surface area contributed by atoms with Crippen molar-refractivity contribution in [1.82, 2.24) is 19.5 Å². The third-order valence-corrected chi connectivity index (χ3v) is 14.2. The number of aromatic nitrogens is 4. The summed E-state index contributed by atoms with van der Waals surface area (Å²) in [6.07, 6.45) is 0. The summed E-state index contributed by atoms with van der Waals surface area (Å²) in [5.41, 5.74) is 13.7. The average molecular weight is 966 g/mol. The number of hydrogen-bond acceptors (Lipinski definition) is 5. The zero-order valence-corrected chi connectivity index (χ0v) is 39.8. The number of rotatable bonds is 8. The van der Waals surface area contributed by atoms with Crippen molar-refractivity contribution in [2.24, 2.45) is 0 Å². The molecule has 0 saturated carbocycles. The van der Waals surface area contributed by atoms with E-state index < -0.39 is 12.1 Å². The van der Waals surface area contributed by atoms with Gasteiger partial charge in [-0.05, 0) is 81.9 Å². The summed E-state index contributed by atoms with van der Waals surface area (Å²) in [6, 6.07) is 67.8. The van der Waals surface area contributed by atoms with Gasteiger partial charge in [0.15, 0.2) is 17.5 Å². The van der Waals surface area contributed by atoms with Crippen LogP contribution >= 0.6 is 0 Å². The molecule has 0 radical (unpaired) electrons. The van der Waals surface area contributed by atoms with Crippen molar-refractivity contribution in [2.45, 2.75) is 0 Å². The predicted molar refractivity (Wildman–Crippen MR) is 307 cm³/mol. The summed E-state index contributed by atoms with van der Waals surface area (Å²) in [5, 5.41) is 4.18. The highest BCUT2D eigenvalue weighted by molar-refractivity contribution is 6.14. The number of nitrogens with zero attached hydrogens (tertiary/aromatic N) is 4. The minimum Gasteiger partial charge on any atom is -0.455 e. The molecule has 0 aliphatic carbocycles. The molecule has 11 aromatic carbocycles. The minimum absolute atomic E-state index is 0.0484. The highest BCUT2D eigenvalue weighted by Crippen LogP contribution is 2.42. The molecular formula is C69H42N4O2. The zero-order chi connectivity index (χ0) is 55.5. The van der Waals surface area contributed by atoms with E-state index in [9.17, 15) is 2.74 Å². The molecule has 75 heavy (non-hydrogen) atoms. The fraction of sp³-hybridized carbons (Fsp3) is 0. The molecule has 0 amide bonds. The van der Waals surface area contributed by atoms with Gasteiger partial charge in [-0.25, -0.2) is 15.0 Å². The van der Waals surface area contributed by atoms with Gasteiger partial charge in [-0.1, -0.05) is 206 Å². The Morgan fingerprint density at radius 1 is 0.307 bits per heavy atom. The Balaban J connectivity index is 0.884. The molecule has 0 aliphatic heterocycles. The van der Waals surface area contributed by atoms with E-state index in [1.165, 1.54) is 6.07 Å². The van der Waals surface area contributed by atoms with E-state index in [0.717, 1.165) is 88.4 Å². The van der Waals surface area contributed by atoms with Crippen LogP contribution in [-0.4, -0.2) is 19.5 Å². The maximum absolute atomic E-state index is 9.27. The summed E-state index contributed by atoms with van der Waals surface area (Å²) in [6.45, 7) is 0. The Morgan fingerprint density at radius 2 is 0.800 bits per heavy atom. The predicted octanol–water partition coefficient (Wildman–Crippen LogP) is 18.4. The molecule has 6 nitrogen and oxygen atoms in total. The van der Waals surface area contributed by atoms with Gasteiger partial charge in [0.25, 0.3) is 0 Å². The summed E-state index contributed by atoms with van der Waals surface area (Å²) < 4.78 is 77.5. The van der Waals surface area contributed by atoms with Gasteiger partial charge in [0.05, 0.1) is 26.3 Å². The summed E-state index contributed by atoms with van der Waals surface area (Å²) in [7, 11) is 0. The van der Waals surface area contributed by atoms with Crippen LogP contribution in [0.4, 0.5) is 0 Å². The highest BCUT2D eigenvalue weighted by Gasteiger charge is 2.21. The lowest BCUT2D eigenvalue weighted by atomic mass is 9.98. The van der Waals surface area contributed by atoms with Gasteiger partial charge in [0.2, 0.25) is 0 Å². The van der Waals surface area contributed by atoms with Gasteiger partial charge >= 0.3 is 0 Å². The molecule has 0 unspecified atom stereocenters. The second-order valence-corrected chi connectivity index (χ2v) is 18.5. The topological polar surface area (TPSA) is 69.9 Å². The molecule has 0 spiro atoms. The molecule has 4 aromatic heterocycles. The van der Waals surface area contributed by atoms with Gasteiger partial charge < -0.3 is 13.4 Å². The smallest absolute Gasteiger partial charge is 0.166 e. The van der Waals surface area contributed by atoms with E-state index in [-0.39, 0.29) is 57.8 Å². The lowest BCUT2D eigenvalue weighted by molar-refractivity contribution is 0.669. The van der Waals surface area contributed by atoms with Crippen LogP contribution in [0.1, 0.15) is 9.60 Å². The maximum atomic E-state index is 9.27. The van der Waals surface area contributed by atoms with E-state index in [1.54, 1.807) is 16.7 Å². The molecule has 0 bridgehead atoms. The Hall–Kier alpha value is -10.2. The Kier molecular flexibility index (Phi) is 8.25. The fourth-order valence-electron chi connectivity index (χ4n) is 10.6. The average Bonchev–Trinajstić information content (AvgIpc) is 2.41. The zero-order valence-electron chi connectivity index (χ0n) is 46.8. The maximum Gasteiger partial charge on any atom is 0.166 e. The van der Waals surface area contributed by atoms with Crippen LogP contribution in [0, 0.1) is 0 Å². The van der Waals surface area contributed by atoms with Crippen LogP contribution in [0.2, 0.25) is 0 Å². The van der Waals surface area contributed by atoms with Gasteiger partial charge in [0, 0.05) is 60.1 Å². The van der Waals surface area contributed by atoms with Crippen LogP contribution in [0.25, 0.3) is 150 Å². The molecule has 0 atom stereocenters. The Bertz CT molecular complexity index is 5130. The number of furan rings is 2. The third-order valence-electron chi connectivity index (χ3n) is 14.2. The van der Waals surface area contributed by atoms with Crippen molar-refractivity contribution in [1.29, 1.82) is 0 Å². The second kappa shape index (κ2) is 17.3. The molecule has 15 aromatic rings. The SMILES string of the molecule is [2H]c1cc([2H])c2c(c1[2H])c1c([2H])c([2H])c([2H])c([2H])c1n2-c1ccccc1-c1nc(-c2ccc(-c3ccc(-c4ccccc4)cc3)cc2)nc(-c2cccc(-c3cccc4c3oc3ccc(-c5cccc6c5oc5ccccc56)cc34)c2)n1. The molecule has 15 rings (SSSR count). The van der Waals surface area contributed by atoms with Gasteiger partial charge in [0.1, 0.15) is 22.3 Å². The van der Waals surface area contributed by atoms with Crippen molar-refractivity contribution in [3.63, 3.8) is 0 Å². The van der Waals surface area contributed by atoms with Crippen LogP contribution in [0.5, 0.6) is 0 Å². The van der Waals surface area contributed by atoms with E-state index in [4.69, 9.17) is 30.6 Å². The first-order valence-electron chi connectivity index (χ1n) is 28.2. The molecule has 6 heteroatoms. The highest BCUT2D eigenvalue weighted by atomic mass is 16.3. The largest absolute Gasteiger partial charge is 0.455 e. The third kappa shape index (κ3) is 7.14. The fourth-order valence-corrected chi connectivity index (χ4v) is 10.6. The molecule has 4 heterocycles. The molecule has 0 aliphatic rings. The summed E-state index contributed by atoms with van der Waals surface area (Å²) in [4.78, 5) is 15.6. The van der Waals surface area contributed by atoms with Crippen molar-refractivity contribution in [3.05, 3.63) is 255 Å². The number of hydrogen-bond donors (Lipinski definition) is 0. The van der Waals surface area contributed by atoms with Crippen LogP contribution in [-0.2, 0) is 0 Å². The van der Waals surface area contributed by atoms with Crippen LogP contribution < -0.4 is 0 Å². The van der Waals surface area contributed by atoms with E-state index in [2.05, 4.69) is 78.9 Å². The summed E-state index contributed by atoms with van der Waals surface area (Å²) >= 11 is 0. The normalized spacial score (nSPS) is 13.0. The standard InChI is InChI=1S/C69H42N4O2/c1-2-15-43(16-3-1)44-31-33-45(34-32-44)46-35-37-47(38-36-46)67-70-68(72-69(71-67)58-22-6-10-29-62(58)73-60-27-8-4-19-53(60)54-20-5-9-28-61(54)73)50-18-12-17-48(41-50)51-23-14-26-57-59-42-49(39-40-64(59)75-66(51)57)52-24-13-25-56-55-21-7-11-30-63(55)74-65(52)56/h1-42H/i4D,5D,8D,19D,20D,27D,28D. The lowest BCUT2D eigenvalue weighted by Gasteiger charge is -2.15. The molecule has 350 valence electrons. The minimum atomic E-state index is -0.478. The van der Waals surface area contributed by atoms with E-state index in [0.29, 0.717) is 34.0 Å². The van der Waals surface area contributed by atoms with Crippen molar-refractivity contribution in [2.75, 3.05) is 0 Å². The molecular weight excluding hydrogens is 917 g/mol. The molecule has 0 fully saturated rings. The van der Waals surface area contributed by atoms with Gasteiger partial charge in [-0.15, -0.1) is 0 Å². The first kappa shape index (κ1) is 35.9. The second-order valence-electron chi connectivity index (χ2n) is 18.5. The number of benzene rings is 11. The molecule has 0 saturated heterocycles. The van der Waals surface area contributed by atoms with Gasteiger partial charge in [-0.3, -0.25) is 0 Å². The van der Waals surface area contributed by atoms with Crippen molar-refractivity contribution < 1.29 is 18.4 Å².